The van der Waals surface area contributed by atoms with Gasteiger partial charge in [-0.1, -0.05) is 29.8 Å². The maximum atomic E-state index is 11.6. The normalized spacial score (nSPS) is 14.1. The van der Waals surface area contributed by atoms with Gasteiger partial charge >= 0.3 is 5.97 Å². The quantitative estimate of drug-likeness (QED) is 0.796. The molecule has 0 radical (unpaired) electrons. The number of rotatable bonds is 5. The molecular formula is C14H21NO2. The van der Waals surface area contributed by atoms with Gasteiger partial charge in [0.2, 0.25) is 0 Å². The minimum Gasteiger partial charge on any atom is -0.466 e. The smallest absolute Gasteiger partial charge is 0.307 e. The van der Waals surface area contributed by atoms with E-state index in [1.807, 2.05) is 40.0 Å². The van der Waals surface area contributed by atoms with Gasteiger partial charge in [-0.05, 0) is 33.4 Å². The van der Waals surface area contributed by atoms with E-state index in [0.717, 1.165) is 5.56 Å². The minimum absolute atomic E-state index is 0.176. The van der Waals surface area contributed by atoms with Crippen molar-refractivity contribution in [1.82, 2.24) is 5.32 Å². The number of carbonyl (C=O) groups excluding carboxylic acids is 1. The van der Waals surface area contributed by atoms with Gasteiger partial charge in [-0.2, -0.15) is 0 Å². The van der Waals surface area contributed by atoms with Gasteiger partial charge in [-0.3, -0.25) is 4.79 Å². The number of ether oxygens (including phenoxy) is 1. The Balaban J connectivity index is 2.87. The highest BCUT2D eigenvalue weighted by Gasteiger charge is 2.28. The Hall–Kier alpha value is -1.35. The van der Waals surface area contributed by atoms with E-state index in [2.05, 4.69) is 17.4 Å². The molecular weight excluding hydrogens is 214 g/mol. The summed E-state index contributed by atoms with van der Waals surface area (Å²) in [5.41, 5.74) is 1.93. The van der Waals surface area contributed by atoms with Crippen molar-refractivity contribution in [3.05, 3.63) is 35.4 Å². The number of aryl methyl sites for hydroxylation is 1. The molecule has 1 rings (SSSR count). The van der Waals surface area contributed by atoms with E-state index in [-0.39, 0.29) is 11.5 Å². The van der Waals surface area contributed by atoms with Crippen LogP contribution in [0.25, 0.3) is 0 Å². The van der Waals surface area contributed by atoms with Crippen molar-refractivity contribution in [2.75, 3.05) is 13.7 Å². The van der Waals surface area contributed by atoms with E-state index in [9.17, 15) is 4.79 Å². The summed E-state index contributed by atoms with van der Waals surface area (Å²) in [6.07, 6.45) is 0.334. The van der Waals surface area contributed by atoms with E-state index < -0.39 is 0 Å². The van der Waals surface area contributed by atoms with Gasteiger partial charge in [-0.25, -0.2) is 0 Å². The van der Waals surface area contributed by atoms with Crippen LogP contribution in [0.15, 0.2) is 24.3 Å². The standard InChI is InChI=1S/C14H21NO2/c1-5-17-13(16)10-14(3,15-4)12-8-6-11(2)7-9-12/h6-9,15H,5,10H2,1-4H3. The molecule has 0 spiro atoms. The average Bonchev–Trinajstić information content (AvgIpc) is 2.30. The second-order valence-corrected chi connectivity index (χ2v) is 4.43. The van der Waals surface area contributed by atoms with Crippen molar-refractivity contribution in [1.29, 1.82) is 0 Å². The first kappa shape index (κ1) is 13.7. The zero-order chi connectivity index (χ0) is 12.9. The first-order chi connectivity index (χ1) is 8.01. The van der Waals surface area contributed by atoms with Crippen LogP contribution in [0.3, 0.4) is 0 Å². The summed E-state index contributed by atoms with van der Waals surface area (Å²) in [5.74, 6) is -0.176. The van der Waals surface area contributed by atoms with Gasteiger partial charge in [0.05, 0.1) is 18.6 Å². The zero-order valence-electron chi connectivity index (χ0n) is 11.0. The lowest BCUT2D eigenvalue weighted by Crippen LogP contribution is -2.39. The maximum absolute atomic E-state index is 11.6. The van der Waals surface area contributed by atoms with Crippen LogP contribution in [0.5, 0.6) is 0 Å². The van der Waals surface area contributed by atoms with Crippen LogP contribution in [-0.2, 0) is 15.1 Å². The number of hydrogen-bond acceptors (Lipinski definition) is 3. The molecule has 0 aliphatic carbocycles. The maximum Gasteiger partial charge on any atom is 0.307 e. The molecule has 1 atom stereocenters. The molecule has 0 aromatic heterocycles. The highest BCUT2D eigenvalue weighted by Crippen LogP contribution is 2.25. The monoisotopic (exact) mass is 235 g/mol. The highest BCUT2D eigenvalue weighted by atomic mass is 16.5. The molecule has 0 saturated heterocycles. The Morgan fingerprint density at radius 3 is 2.41 bits per heavy atom. The van der Waals surface area contributed by atoms with E-state index in [1.54, 1.807) is 0 Å². The van der Waals surface area contributed by atoms with Crippen LogP contribution in [0.1, 0.15) is 31.4 Å². The lowest BCUT2D eigenvalue weighted by molar-refractivity contribution is -0.144. The number of carbonyl (C=O) groups is 1. The molecule has 0 saturated carbocycles. The van der Waals surface area contributed by atoms with Gasteiger partial charge in [0, 0.05) is 0 Å². The second kappa shape index (κ2) is 5.82. The van der Waals surface area contributed by atoms with Crippen LogP contribution in [0.2, 0.25) is 0 Å². The summed E-state index contributed by atoms with van der Waals surface area (Å²) in [4.78, 5) is 11.6. The number of benzene rings is 1. The molecule has 17 heavy (non-hydrogen) atoms. The largest absolute Gasteiger partial charge is 0.466 e. The van der Waals surface area contributed by atoms with Crippen molar-refractivity contribution in [3.8, 4) is 0 Å². The van der Waals surface area contributed by atoms with Crippen LogP contribution in [0.4, 0.5) is 0 Å². The van der Waals surface area contributed by atoms with Crippen LogP contribution >= 0.6 is 0 Å². The molecule has 0 bridgehead atoms. The van der Waals surface area contributed by atoms with Gasteiger partial charge in [0.15, 0.2) is 0 Å². The van der Waals surface area contributed by atoms with Crippen LogP contribution < -0.4 is 5.32 Å². The molecule has 94 valence electrons. The van der Waals surface area contributed by atoms with Crippen LogP contribution in [0, 0.1) is 6.92 Å². The topological polar surface area (TPSA) is 38.3 Å². The molecule has 1 N–H and O–H groups in total. The SMILES string of the molecule is CCOC(=O)CC(C)(NC)c1ccc(C)cc1. The Morgan fingerprint density at radius 1 is 1.35 bits per heavy atom. The third-order valence-electron chi connectivity index (χ3n) is 3.04. The van der Waals surface area contributed by atoms with Gasteiger partial charge in [0.1, 0.15) is 0 Å². The van der Waals surface area contributed by atoms with E-state index in [1.165, 1.54) is 5.56 Å². The first-order valence-electron chi connectivity index (χ1n) is 5.93. The minimum atomic E-state index is -0.375. The summed E-state index contributed by atoms with van der Waals surface area (Å²) in [7, 11) is 1.86. The summed E-state index contributed by atoms with van der Waals surface area (Å²) in [6.45, 7) is 6.30. The molecule has 0 aliphatic rings. The molecule has 0 fully saturated rings. The highest BCUT2D eigenvalue weighted by molar-refractivity contribution is 5.71. The Morgan fingerprint density at radius 2 is 1.94 bits per heavy atom. The van der Waals surface area contributed by atoms with Crippen molar-refractivity contribution in [2.45, 2.75) is 32.7 Å². The summed E-state index contributed by atoms with van der Waals surface area (Å²) in [6, 6.07) is 8.20. The number of nitrogens with one attached hydrogen (secondary N) is 1. The predicted molar refractivity (Wildman–Crippen MR) is 68.8 cm³/mol. The molecule has 1 unspecified atom stereocenters. The van der Waals surface area contributed by atoms with E-state index >= 15 is 0 Å². The third-order valence-corrected chi connectivity index (χ3v) is 3.04. The Bertz CT molecular complexity index is 372. The van der Waals surface area contributed by atoms with Crippen molar-refractivity contribution >= 4 is 5.97 Å². The lowest BCUT2D eigenvalue weighted by Gasteiger charge is -2.29. The predicted octanol–water partition coefficient (Wildman–Crippen LogP) is 2.38. The molecule has 0 aliphatic heterocycles. The van der Waals surface area contributed by atoms with E-state index in [4.69, 9.17) is 4.74 Å². The van der Waals surface area contributed by atoms with Gasteiger partial charge < -0.3 is 10.1 Å². The van der Waals surface area contributed by atoms with Crippen molar-refractivity contribution in [3.63, 3.8) is 0 Å². The van der Waals surface area contributed by atoms with Gasteiger partial charge in [-0.15, -0.1) is 0 Å². The molecule has 3 heteroatoms. The van der Waals surface area contributed by atoms with Gasteiger partial charge in [0.25, 0.3) is 0 Å². The molecule has 0 amide bonds. The lowest BCUT2D eigenvalue weighted by atomic mass is 9.88. The Labute approximate surface area is 103 Å². The third kappa shape index (κ3) is 3.56. The molecule has 0 heterocycles. The Kier molecular flexibility index (Phi) is 4.70. The van der Waals surface area contributed by atoms with Crippen molar-refractivity contribution < 1.29 is 9.53 Å². The summed E-state index contributed by atoms with van der Waals surface area (Å²) in [5, 5.41) is 3.20. The van der Waals surface area contributed by atoms with E-state index in [0.29, 0.717) is 13.0 Å². The fourth-order valence-corrected chi connectivity index (χ4v) is 1.76. The summed E-state index contributed by atoms with van der Waals surface area (Å²) >= 11 is 0. The molecule has 1 aromatic rings. The zero-order valence-corrected chi connectivity index (χ0v) is 11.0. The second-order valence-electron chi connectivity index (χ2n) is 4.43. The van der Waals surface area contributed by atoms with Crippen molar-refractivity contribution in [2.24, 2.45) is 0 Å². The first-order valence-corrected chi connectivity index (χ1v) is 5.93. The summed E-state index contributed by atoms with van der Waals surface area (Å²) < 4.78 is 5.01. The fourth-order valence-electron chi connectivity index (χ4n) is 1.76. The number of esters is 1. The number of hydrogen-bond donors (Lipinski definition) is 1. The average molecular weight is 235 g/mol. The molecule has 1 aromatic carbocycles. The molecule has 3 nitrogen and oxygen atoms in total. The fraction of sp³-hybridized carbons (Fsp3) is 0.500. The van der Waals surface area contributed by atoms with Crippen LogP contribution in [-0.4, -0.2) is 19.6 Å².